The van der Waals surface area contributed by atoms with Crippen LogP contribution in [0.15, 0.2) is 77.9 Å². The normalized spacial score (nSPS) is 17.6. The molecule has 9 nitrogen and oxygen atoms in total. The molecule has 3 N–H and O–H groups in total. The lowest BCUT2D eigenvalue weighted by atomic mass is 10.0. The molecule has 0 aromatic heterocycles. The number of nitro groups is 1. The quantitative estimate of drug-likeness (QED) is 0.256. The van der Waals surface area contributed by atoms with Crippen LogP contribution in [-0.2, 0) is 11.4 Å². The molecule has 1 aliphatic rings. The molecular formula is C24H22ClN5O4. The number of hydrogen-bond acceptors (Lipinski definition) is 7. The van der Waals surface area contributed by atoms with E-state index in [0.717, 1.165) is 16.9 Å². The molecule has 1 heterocycles. The summed E-state index contributed by atoms with van der Waals surface area (Å²) in [5.41, 5.74) is 11.0. The molecule has 1 fully saturated rings. The Balaban J connectivity index is 1.27. The number of hydrazine groups is 1. The lowest BCUT2D eigenvalue weighted by molar-refractivity contribution is -0.384. The van der Waals surface area contributed by atoms with Gasteiger partial charge < -0.3 is 4.74 Å². The zero-order valence-electron chi connectivity index (χ0n) is 18.0. The molecule has 3 aromatic carbocycles. The van der Waals surface area contributed by atoms with E-state index < -0.39 is 11.0 Å². The van der Waals surface area contributed by atoms with Gasteiger partial charge in [-0.05, 0) is 30.2 Å². The van der Waals surface area contributed by atoms with Gasteiger partial charge in [0.15, 0.2) is 0 Å². The van der Waals surface area contributed by atoms with E-state index in [1.165, 1.54) is 18.3 Å². The van der Waals surface area contributed by atoms with Gasteiger partial charge in [-0.15, -0.1) is 0 Å². The molecule has 174 valence electrons. The summed E-state index contributed by atoms with van der Waals surface area (Å²) in [6, 6.07) is 20.6. The fraction of sp³-hybridized carbons (Fsp3) is 0.167. The van der Waals surface area contributed by atoms with E-state index in [2.05, 4.69) is 21.4 Å². The number of nitrogens with one attached hydrogen (secondary N) is 3. The van der Waals surface area contributed by atoms with Crippen molar-refractivity contribution in [1.82, 2.24) is 16.3 Å². The lowest BCUT2D eigenvalue weighted by Crippen LogP contribution is -2.41. The van der Waals surface area contributed by atoms with Crippen LogP contribution in [0.4, 0.5) is 5.69 Å². The molecule has 4 rings (SSSR count). The van der Waals surface area contributed by atoms with Crippen molar-refractivity contribution in [2.45, 2.75) is 25.1 Å². The third-order valence-electron chi connectivity index (χ3n) is 5.32. The predicted octanol–water partition coefficient (Wildman–Crippen LogP) is 3.89. The molecule has 1 saturated heterocycles. The second-order valence-electron chi connectivity index (χ2n) is 7.67. The number of hydrogen-bond donors (Lipinski definition) is 3. The van der Waals surface area contributed by atoms with Crippen LogP contribution >= 0.6 is 11.6 Å². The molecule has 1 amide bonds. The molecule has 1 aliphatic heterocycles. The first-order chi connectivity index (χ1) is 16.5. The first-order valence-corrected chi connectivity index (χ1v) is 10.9. The van der Waals surface area contributed by atoms with Gasteiger partial charge in [0, 0.05) is 34.3 Å². The minimum Gasteiger partial charge on any atom is -0.489 e. The number of hydrazone groups is 1. The summed E-state index contributed by atoms with van der Waals surface area (Å²) in [5.74, 6) is 0.413. The van der Waals surface area contributed by atoms with Crippen LogP contribution in [0.2, 0.25) is 5.02 Å². The highest BCUT2D eigenvalue weighted by Gasteiger charge is 2.30. The number of halogens is 1. The van der Waals surface area contributed by atoms with Crippen molar-refractivity contribution in [2.24, 2.45) is 5.10 Å². The van der Waals surface area contributed by atoms with Gasteiger partial charge in [0.25, 0.3) is 11.6 Å². The van der Waals surface area contributed by atoms with E-state index in [1.54, 1.807) is 12.1 Å². The maximum atomic E-state index is 12.4. The van der Waals surface area contributed by atoms with Crippen LogP contribution in [0.25, 0.3) is 0 Å². The minimum absolute atomic E-state index is 0.0416. The smallest absolute Gasteiger partial charge is 0.270 e. The van der Waals surface area contributed by atoms with E-state index in [-0.39, 0.29) is 17.6 Å². The van der Waals surface area contributed by atoms with E-state index in [0.29, 0.717) is 23.6 Å². The van der Waals surface area contributed by atoms with Crippen molar-refractivity contribution in [1.29, 1.82) is 0 Å². The Labute approximate surface area is 200 Å². The van der Waals surface area contributed by atoms with Crippen molar-refractivity contribution in [3.8, 4) is 5.75 Å². The fourth-order valence-corrected chi connectivity index (χ4v) is 3.68. The zero-order chi connectivity index (χ0) is 23.9. The number of rotatable bonds is 8. The van der Waals surface area contributed by atoms with Gasteiger partial charge in [0.05, 0.1) is 11.1 Å². The van der Waals surface area contributed by atoms with Gasteiger partial charge in [-0.1, -0.05) is 54.1 Å². The number of non-ortho nitro benzene ring substituents is 1. The molecule has 0 spiro atoms. The summed E-state index contributed by atoms with van der Waals surface area (Å²) < 4.78 is 5.81. The SMILES string of the molecule is O=C(N/N=C/c1cccc([N+](=O)[O-])c1)C1CC(c2ccc(OCc3ccccc3Cl)cc2)NN1. The van der Waals surface area contributed by atoms with Gasteiger partial charge in [-0.2, -0.15) is 5.10 Å². The Morgan fingerprint density at radius 3 is 2.71 bits per heavy atom. The third-order valence-corrected chi connectivity index (χ3v) is 5.69. The summed E-state index contributed by atoms with van der Waals surface area (Å²) in [6.07, 6.45) is 1.89. The minimum atomic E-state index is -0.484. The molecule has 10 heteroatoms. The van der Waals surface area contributed by atoms with Gasteiger partial charge in [0.2, 0.25) is 0 Å². The molecule has 0 aliphatic carbocycles. The highest BCUT2D eigenvalue weighted by molar-refractivity contribution is 6.31. The van der Waals surface area contributed by atoms with Crippen LogP contribution in [0, 0.1) is 10.1 Å². The third kappa shape index (κ3) is 5.96. The molecule has 0 saturated carbocycles. The number of carbonyl (C=O) groups excluding carboxylic acids is 1. The van der Waals surface area contributed by atoms with Crippen LogP contribution in [0.1, 0.15) is 29.2 Å². The summed E-state index contributed by atoms with van der Waals surface area (Å²) in [7, 11) is 0. The van der Waals surface area contributed by atoms with Crippen molar-refractivity contribution >= 4 is 29.4 Å². The Hall–Kier alpha value is -3.79. The monoisotopic (exact) mass is 479 g/mol. The highest BCUT2D eigenvalue weighted by atomic mass is 35.5. The molecule has 34 heavy (non-hydrogen) atoms. The summed E-state index contributed by atoms with van der Waals surface area (Å²) in [5, 5.41) is 15.4. The number of carbonyl (C=O) groups is 1. The van der Waals surface area contributed by atoms with Crippen molar-refractivity contribution in [3.63, 3.8) is 0 Å². The van der Waals surface area contributed by atoms with Crippen LogP contribution in [0.3, 0.4) is 0 Å². The van der Waals surface area contributed by atoms with Crippen LogP contribution in [-0.4, -0.2) is 23.1 Å². The molecule has 0 radical (unpaired) electrons. The molecule has 0 bridgehead atoms. The van der Waals surface area contributed by atoms with E-state index in [9.17, 15) is 14.9 Å². The first-order valence-electron chi connectivity index (χ1n) is 10.5. The van der Waals surface area contributed by atoms with E-state index in [4.69, 9.17) is 16.3 Å². The van der Waals surface area contributed by atoms with Crippen molar-refractivity contribution in [3.05, 3.63) is 105 Å². The number of ether oxygens (including phenoxy) is 1. The summed E-state index contributed by atoms with van der Waals surface area (Å²) in [6.45, 7) is 0.376. The van der Waals surface area contributed by atoms with Crippen LogP contribution < -0.4 is 21.0 Å². The predicted molar refractivity (Wildman–Crippen MR) is 128 cm³/mol. The average molecular weight is 480 g/mol. The fourth-order valence-electron chi connectivity index (χ4n) is 3.49. The number of amides is 1. The number of nitro benzene ring substituents is 1. The maximum Gasteiger partial charge on any atom is 0.270 e. The maximum absolute atomic E-state index is 12.4. The largest absolute Gasteiger partial charge is 0.489 e. The topological polar surface area (TPSA) is 118 Å². The first kappa shape index (κ1) is 23.4. The van der Waals surface area contributed by atoms with Gasteiger partial charge >= 0.3 is 0 Å². The number of nitrogens with zero attached hydrogens (tertiary/aromatic N) is 2. The lowest BCUT2D eigenvalue weighted by Gasteiger charge is -2.12. The van der Waals surface area contributed by atoms with Gasteiger partial charge in [-0.3, -0.25) is 14.9 Å². The highest BCUT2D eigenvalue weighted by Crippen LogP contribution is 2.25. The van der Waals surface area contributed by atoms with Crippen molar-refractivity contribution < 1.29 is 14.5 Å². The zero-order valence-corrected chi connectivity index (χ0v) is 18.7. The second kappa shape index (κ2) is 10.9. The Kier molecular flexibility index (Phi) is 7.48. The molecule has 2 unspecified atom stereocenters. The van der Waals surface area contributed by atoms with E-state index in [1.807, 2.05) is 48.5 Å². The average Bonchev–Trinajstić information content (AvgIpc) is 3.34. The van der Waals surface area contributed by atoms with Gasteiger partial charge in [0.1, 0.15) is 18.4 Å². The Morgan fingerprint density at radius 1 is 1.15 bits per heavy atom. The Bertz CT molecular complexity index is 1200. The number of benzene rings is 3. The standard InChI is InChI=1S/C24H22ClN5O4/c25-21-7-2-1-5-18(21)15-34-20-10-8-17(9-11-20)22-13-23(28-27-22)24(31)29-26-14-16-4-3-6-19(12-16)30(32)33/h1-12,14,22-23,27-28H,13,15H2,(H,29,31)/b26-14+. The molecular weight excluding hydrogens is 458 g/mol. The Morgan fingerprint density at radius 2 is 1.94 bits per heavy atom. The van der Waals surface area contributed by atoms with Gasteiger partial charge in [-0.25, -0.2) is 16.3 Å². The molecule has 3 aromatic rings. The van der Waals surface area contributed by atoms with Crippen LogP contribution in [0.5, 0.6) is 5.75 Å². The molecule has 2 atom stereocenters. The summed E-state index contributed by atoms with van der Waals surface area (Å²) in [4.78, 5) is 22.8. The van der Waals surface area contributed by atoms with E-state index >= 15 is 0 Å². The summed E-state index contributed by atoms with van der Waals surface area (Å²) >= 11 is 6.16. The second-order valence-corrected chi connectivity index (χ2v) is 8.07. The van der Waals surface area contributed by atoms with Crippen molar-refractivity contribution in [2.75, 3.05) is 0 Å².